The highest BCUT2D eigenvalue weighted by Crippen LogP contribution is 2.47. The average molecular weight is 608 g/mol. The SMILES string of the molecule is CO[C@@H]1c2cc(I)ccc2O[C@H](C(CCn2cc(C(CO)c3ccccc3)nn2)[Si](C)(C)O)[C@H]1C. The lowest BCUT2D eigenvalue weighted by atomic mass is 9.86. The number of aliphatic hydroxyl groups is 1. The molecule has 0 aliphatic carbocycles. The molecule has 3 aromatic rings. The number of aliphatic hydroxyl groups excluding tert-OH is 1. The molecule has 2 heterocycles. The van der Waals surface area contributed by atoms with Crippen LogP contribution in [0.2, 0.25) is 18.6 Å². The number of fused-ring (bicyclic) bond motifs is 1. The van der Waals surface area contributed by atoms with Crippen LogP contribution >= 0.6 is 22.6 Å². The third-order valence-corrected chi connectivity index (χ3v) is 10.2. The zero-order valence-electron chi connectivity index (χ0n) is 20.6. The van der Waals surface area contributed by atoms with Crippen LogP contribution in [0.1, 0.15) is 42.2 Å². The van der Waals surface area contributed by atoms with E-state index in [-0.39, 0.29) is 36.2 Å². The molecule has 0 bridgehead atoms. The molecule has 1 aromatic heterocycles. The highest BCUT2D eigenvalue weighted by molar-refractivity contribution is 14.1. The Kier molecular flexibility index (Phi) is 8.32. The van der Waals surface area contributed by atoms with Gasteiger partial charge in [0.25, 0.3) is 0 Å². The van der Waals surface area contributed by atoms with Crippen molar-refractivity contribution in [2.45, 2.75) is 56.7 Å². The zero-order chi connectivity index (χ0) is 25.2. The third kappa shape index (κ3) is 5.80. The molecule has 0 spiro atoms. The summed E-state index contributed by atoms with van der Waals surface area (Å²) in [5.41, 5.74) is 2.78. The van der Waals surface area contributed by atoms with Gasteiger partial charge in [-0.25, -0.2) is 0 Å². The molecule has 0 saturated carbocycles. The lowest BCUT2D eigenvalue weighted by Crippen LogP contribution is -2.48. The Hall–Kier alpha value is -1.79. The van der Waals surface area contributed by atoms with Crippen molar-refractivity contribution in [3.05, 3.63) is 75.1 Å². The summed E-state index contributed by atoms with van der Waals surface area (Å²) in [7, 11) is -0.861. The quantitative estimate of drug-likeness (QED) is 0.270. The third-order valence-electron chi connectivity index (χ3n) is 7.06. The highest BCUT2D eigenvalue weighted by atomic mass is 127. The van der Waals surface area contributed by atoms with Gasteiger partial charge in [0.1, 0.15) is 11.9 Å². The molecular formula is C26H34IN3O4Si. The van der Waals surface area contributed by atoms with Crippen molar-refractivity contribution in [2.24, 2.45) is 5.92 Å². The van der Waals surface area contributed by atoms with Crippen LogP contribution in [0.25, 0.3) is 0 Å². The molecular weight excluding hydrogens is 573 g/mol. The lowest BCUT2D eigenvalue weighted by molar-refractivity contribution is -0.0248. The van der Waals surface area contributed by atoms with Crippen molar-refractivity contribution >= 4 is 30.9 Å². The number of methoxy groups -OCH3 is 1. The van der Waals surface area contributed by atoms with Crippen LogP contribution in [0.5, 0.6) is 5.75 Å². The van der Waals surface area contributed by atoms with Gasteiger partial charge in [-0.15, -0.1) is 5.10 Å². The minimum absolute atomic E-state index is 0.0296. The Bertz CT molecular complexity index is 1120. The first-order valence-corrected chi connectivity index (χ1v) is 16.1. The van der Waals surface area contributed by atoms with Gasteiger partial charge in [-0.05, 0) is 65.9 Å². The normalized spacial score (nSPS) is 21.7. The second-order valence-electron chi connectivity index (χ2n) is 9.88. The fourth-order valence-corrected chi connectivity index (χ4v) is 7.70. The van der Waals surface area contributed by atoms with E-state index in [1.807, 2.05) is 66.4 Å². The number of nitrogens with zero attached hydrogens (tertiary/aromatic N) is 3. The van der Waals surface area contributed by atoms with Crippen LogP contribution in [-0.4, -0.2) is 53.0 Å². The van der Waals surface area contributed by atoms with Gasteiger partial charge in [0.15, 0.2) is 8.32 Å². The monoisotopic (exact) mass is 607 g/mol. The molecule has 1 aliphatic rings. The van der Waals surface area contributed by atoms with E-state index in [2.05, 4.69) is 45.9 Å². The van der Waals surface area contributed by atoms with Crippen molar-refractivity contribution in [1.82, 2.24) is 15.0 Å². The number of benzene rings is 2. The molecule has 5 atom stereocenters. The number of hydrogen-bond donors (Lipinski definition) is 2. The minimum atomic E-state index is -2.60. The highest BCUT2D eigenvalue weighted by Gasteiger charge is 2.46. The molecule has 188 valence electrons. The van der Waals surface area contributed by atoms with Crippen LogP contribution in [0.3, 0.4) is 0 Å². The van der Waals surface area contributed by atoms with E-state index in [1.165, 1.54) is 0 Å². The van der Waals surface area contributed by atoms with Gasteiger partial charge in [-0.1, -0.05) is 42.5 Å². The van der Waals surface area contributed by atoms with Gasteiger partial charge < -0.3 is 19.4 Å². The van der Waals surface area contributed by atoms with Gasteiger partial charge in [-0.2, -0.15) is 0 Å². The molecule has 4 rings (SSSR count). The fourth-order valence-electron chi connectivity index (χ4n) is 5.18. The van der Waals surface area contributed by atoms with Gasteiger partial charge in [0.2, 0.25) is 0 Å². The van der Waals surface area contributed by atoms with E-state index in [0.717, 1.165) is 26.1 Å². The van der Waals surface area contributed by atoms with Crippen LogP contribution in [0, 0.1) is 9.49 Å². The van der Waals surface area contributed by atoms with E-state index in [4.69, 9.17) is 9.47 Å². The predicted octanol–water partition coefficient (Wildman–Crippen LogP) is 4.75. The van der Waals surface area contributed by atoms with Crippen molar-refractivity contribution in [2.75, 3.05) is 13.7 Å². The number of aromatic nitrogens is 3. The Labute approximate surface area is 221 Å². The molecule has 0 fully saturated rings. The molecule has 35 heavy (non-hydrogen) atoms. The molecule has 0 saturated heterocycles. The van der Waals surface area contributed by atoms with E-state index >= 15 is 0 Å². The molecule has 2 unspecified atom stereocenters. The summed E-state index contributed by atoms with van der Waals surface area (Å²) in [4.78, 5) is 11.3. The Morgan fingerprint density at radius 2 is 1.94 bits per heavy atom. The molecule has 0 radical (unpaired) electrons. The first-order chi connectivity index (χ1) is 16.7. The largest absolute Gasteiger partial charge is 0.490 e. The first kappa shape index (κ1) is 26.3. The predicted molar refractivity (Wildman–Crippen MR) is 146 cm³/mol. The minimum Gasteiger partial charge on any atom is -0.490 e. The number of halogens is 1. The van der Waals surface area contributed by atoms with Crippen LogP contribution in [0.15, 0.2) is 54.7 Å². The van der Waals surface area contributed by atoms with Gasteiger partial charge >= 0.3 is 0 Å². The van der Waals surface area contributed by atoms with Crippen molar-refractivity contribution in [3.63, 3.8) is 0 Å². The van der Waals surface area contributed by atoms with E-state index in [0.29, 0.717) is 13.0 Å². The van der Waals surface area contributed by atoms with Crippen LogP contribution in [-0.2, 0) is 11.3 Å². The Morgan fingerprint density at radius 3 is 2.60 bits per heavy atom. The standard InChI is InChI=1S/C26H34IN3O4Si/c1-17-25(33-2)20-14-19(27)10-11-23(20)34-26(17)24(35(3,4)32)12-13-30-15-22(28-29-30)21(16-31)18-8-6-5-7-9-18/h5-11,14-15,17,21,24-26,31-32H,12-13,16H2,1-4H3/t17-,21?,24?,25-,26-/m0/s1. The number of rotatable bonds is 9. The molecule has 1 aliphatic heterocycles. The Balaban J connectivity index is 1.54. The maximum atomic E-state index is 11.3. The van der Waals surface area contributed by atoms with Crippen LogP contribution in [0.4, 0.5) is 0 Å². The molecule has 0 amide bonds. The maximum Gasteiger partial charge on any atom is 0.189 e. The van der Waals surface area contributed by atoms with E-state index in [1.54, 1.807) is 7.11 Å². The topological polar surface area (TPSA) is 89.6 Å². The second-order valence-corrected chi connectivity index (χ2v) is 15.2. The van der Waals surface area contributed by atoms with E-state index in [9.17, 15) is 9.90 Å². The molecule has 9 heteroatoms. The lowest BCUT2D eigenvalue weighted by Gasteiger charge is -2.43. The fraction of sp³-hybridized carbons (Fsp3) is 0.462. The second kappa shape index (κ2) is 11.1. The Morgan fingerprint density at radius 1 is 1.20 bits per heavy atom. The number of hydrogen-bond acceptors (Lipinski definition) is 6. The summed E-state index contributed by atoms with van der Waals surface area (Å²) >= 11 is 2.31. The average Bonchev–Trinajstić information content (AvgIpc) is 3.28. The van der Waals surface area contributed by atoms with Gasteiger partial charge in [0.05, 0.1) is 24.3 Å². The van der Waals surface area contributed by atoms with E-state index < -0.39 is 8.32 Å². The number of aryl methyl sites for hydroxylation is 1. The first-order valence-electron chi connectivity index (χ1n) is 12.0. The zero-order valence-corrected chi connectivity index (χ0v) is 23.8. The molecule has 2 aromatic carbocycles. The summed E-state index contributed by atoms with van der Waals surface area (Å²) < 4.78 is 15.4. The molecule has 7 nitrogen and oxygen atoms in total. The van der Waals surface area contributed by atoms with Crippen molar-refractivity contribution < 1.29 is 19.4 Å². The summed E-state index contributed by atoms with van der Waals surface area (Å²) in [5.74, 6) is 0.700. The summed E-state index contributed by atoms with van der Waals surface area (Å²) in [6, 6.07) is 16.0. The number of ether oxygens (including phenoxy) is 2. The molecule has 2 N–H and O–H groups in total. The van der Waals surface area contributed by atoms with Crippen molar-refractivity contribution in [3.8, 4) is 5.75 Å². The van der Waals surface area contributed by atoms with Gasteiger partial charge in [-0.3, -0.25) is 4.68 Å². The summed E-state index contributed by atoms with van der Waals surface area (Å²) in [6.45, 7) is 6.66. The van der Waals surface area contributed by atoms with Gasteiger partial charge in [0, 0.05) is 40.4 Å². The smallest absolute Gasteiger partial charge is 0.189 e. The summed E-state index contributed by atoms with van der Waals surface area (Å²) in [6.07, 6.45) is 2.35. The summed E-state index contributed by atoms with van der Waals surface area (Å²) in [5, 5.41) is 18.7. The van der Waals surface area contributed by atoms with Crippen molar-refractivity contribution in [1.29, 1.82) is 0 Å². The maximum absolute atomic E-state index is 11.3. The van der Waals surface area contributed by atoms with Crippen LogP contribution < -0.4 is 4.74 Å².